The zero-order valence-electron chi connectivity index (χ0n) is 18.0. The first-order valence-electron chi connectivity index (χ1n) is 10.1. The predicted molar refractivity (Wildman–Crippen MR) is 120 cm³/mol. The van der Waals surface area contributed by atoms with Gasteiger partial charge in [-0.05, 0) is 60.7 Å². The van der Waals surface area contributed by atoms with Crippen molar-refractivity contribution in [2.45, 2.75) is 18.1 Å². The third kappa shape index (κ3) is 4.64. The molecule has 0 saturated heterocycles. The van der Waals surface area contributed by atoms with E-state index in [1.807, 2.05) is 6.07 Å². The van der Waals surface area contributed by atoms with Gasteiger partial charge in [0.25, 0.3) is 0 Å². The summed E-state index contributed by atoms with van der Waals surface area (Å²) in [6.45, 7) is -1.18. The van der Waals surface area contributed by atoms with Crippen LogP contribution in [0, 0.1) is 27.7 Å². The molecule has 0 aliphatic heterocycles. The fourth-order valence-electron chi connectivity index (χ4n) is 3.46. The number of aromatic nitrogens is 4. The summed E-state index contributed by atoms with van der Waals surface area (Å²) in [7, 11) is 0. The molecule has 3 N–H and O–H groups in total. The van der Waals surface area contributed by atoms with Crippen molar-refractivity contribution in [1.29, 1.82) is 5.26 Å². The molecule has 0 saturated carbocycles. The molecule has 13 heteroatoms. The zero-order chi connectivity index (χ0) is 26.1. The second-order valence-electron chi connectivity index (χ2n) is 7.63. The second-order valence-corrected chi connectivity index (χ2v) is 8.04. The van der Waals surface area contributed by atoms with Crippen LogP contribution in [0.1, 0.15) is 16.8 Å². The van der Waals surface area contributed by atoms with Gasteiger partial charge in [-0.3, -0.25) is 15.1 Å². The van der Waals surface area contributed by atoms with E-state index in [0.29, 0.717) is 34.2 Å². The number of nitriles is 1. The van der Waals surface area contributed by atoms with E-state index in [0.717, 1.165) is 18.3 Å². The lowest BCUT2D eigenvalue weighted by molar-refractivity contribution is -0.208. The molecule has 8 nitrogen and oxygen atoms in total. The van der Waals surface area contributed by atoms with Crippen LogP contribution in [0.2, 0.25) is 0 Å². The molecule has 2 aromatic heterocycles. The Labute approximate surface area is 205 Å². The molecule has 2 heterocycles. The van der Waals surface area contributed by atoms with Crippen molar-refractivity contribution < 1.29 is 27.4 Å². The van der Waals surface area contributed by atoms with Gasteiger partial charge < -0.3 is 9.84 Å². The number of ether oxygens (including phenoxy) is 1. The number of hydrogen-bond acceptors (Lipinski definition) is 6. The number of hydrogen-bond donors (Lipinski definition) is 3. The van der Waals surface area contributed by atoms with E-state index < -0.39 is 46.6 Å². The lowest BCUT2D eigenvalue weighted by Crippen LogP contribution is -2.49. The van der Waals surface area contributed by atoms with Crippen molar-refractivity contribution in [3.05, 3.63) is 105 Å². The standard InChI is InChI=1S/C23H15F4N5O3S/c24-14-3-7-17(18(25)9-14)22(34,12-32-21(33)30-20(36)31-32)23(26,27)19-8-6-16(11-29-19)35-15-4-1-13(10-28)2-5-15/h1-9,11,34H,12H2,(H2,30,31,33,36). The number of aliphatic hydroxyl groups is 1. The summed E-state index contributed by atoms with van der Waals surface area (Å²) < 4.78 is 65.6. The van der Waals surface area contributed by atoms with Gasteiger partial charge in [0, 0.05) is 11.6 Å². The van der Waals surface area contributed by atoms with E-state index in [2.05, 4.69) is 15.1 Å². The Balaban J connectivity index is 1.73. The molecule has 184 valence electrons. The van der Waals surface area contributed by atoms with Crippen LogP contribution in [-0.2, 0) is 18.1 Å². The molecule has 1 atom stereocenters. The molecule has 0 amide bonds. The monoisotopic (exact) mass is 517 g/mol. The molecule has 0 aliphatic carbocycles. The number of nitrogens with one attached hydrogen (secondary N) is 2. The molecule has 4 rings (SSSR count). The minimum absolute atomic E-state index is 0.0571. The maximum absolute atomic E-state index is 15.8. The van der Waals surface area contributed by atoms with E-state index in [4.69, 9.17) is 22.2 Å². The lowest BCUT2D eigenvalue weighted by atomic mass is 9.84. The van der Waals surface area contributed by atoms with Crippen molar-refractivity contribution >= 4 is 12.2 Å². The number of alkyl halides is 2. The molecular formula is C23H15F4N5O3S. The van der Waals surface area contributed by atoms with Crippen molar-refractivity contribution in [1.82, 2.24) is 19.7 Å². The fraction of sp³-hybridized carbons (Fsp3) is 0.130. The maximum atomic E-state index is 15.8. The number of aromatic amines is 2. The van der Waals surface area contributed by atoms with Gasteiger partial charge in [-0.2, -0.15) is 14.0 Å². The number of H-pyrrole nitrogens is 2. The smallest absolute Gasteiger partial charge is 0.342 e. The van der Waals surface area contributed by atoms with Gasteiger partial charge in [0.15, 0.2) is 10.4 Å². The Morgan fingerprint density at radius 2 is 1.81 bits per heavy atom. The molecule has 0 aliphatic rings. The third-order valence-corrected chi connectivity index (χ3v) is 5.46. The molecule has 0 spiro atoms. The highest BCUT2D eigenvalue weighted by Crippen LogP contribution is 2.46. The van der Waals surface area contributed by atoms with Gasteiger partial charge in [0.05, 0.1) is 24.4 Å². The number of halogens is 4. The molecular weight excluding hydrogens is 502 g/mol. The third-order valence-electron chi connectivity index (χ3n) is 5.26. The molecule has 0 bridgehead atoms. The van der Waals surface area contributed by atoms with Crippen molar-refractivity contribution in [3.8, 4) is 17.6 Å². The normalized spacial score (nSPS) is 13.1. The van der Waals surface area contributed by atoms with Crippen molar-refractivity contribution in [2.24, 2.45) is 0 Å². The summed E-state index contributed by atoms with van der Waals surface area (Å²) in [6, 6.07) is 11.6. The molecule has 0 radical (unpaired) electrons. The van der Waals surface area contributed by atoms with Crippen LogP contribution in [-0.4, -0.2) is 24.9 Å². The van der Waals surface area contributed by atoms with Gasteiger partial charge in [0.1, 0.15) is 28.8 Å². The summed E-state index contributed by atoms with van der Waals surface area (Å²) >= 11 is 4.77. The van der Waals surface area contributed by atoms with Crippen LogP contribution in [0.4, 0.5) is 17.6 Å². The van der Waals surface area contributed by atoms with Gasteiger partial charge in [-0.1, -0.05) is 0 Å². The molecule has 1 unspecified atom stereocenters. The summed E-state index contributed by atoms with van der Waals surface area (Å²) in [5, 5.41) is 22.4. The fourth-order valence-corrected chi connectivity index (χ4v) is 3.65. The van der Waals surface area contributed by atoms with Crippen LogP contribution >= 0.6 is 12.2 Å². The van der Waals surface area contributed by atoms with Crippen LogP contribution in [0.5, 0.6) is 11.5 Å². The number of benzene rings is 2. The van der Waals surface area contributed by atoms with Crippen molar-refractivity contribution in [3.63, 3.8) is 0 Å². The van der Waals surface area contributed by atoms with E-state index >= 15 is 8.78 Å². The second kappa shape index (κ2) is 9.40. The Morgan fingerprint density at radius 1 is 1.11 bits per heavy atom. The Bertz CT molecular complexity index is 1560. The first kappa shape index (κ1) is 24.8. The zero-order valence-corrected chi connectivity index (χ0v) is 18.8. The summed E-state index contributed by atoms with van der Waals surface area (Å²) in [6.07, 6.45) is 0.957. The average molecular weight is 517 g/mol. The van der Waals surface area contributed by atoms with E-state index in [-0.39, 0.29) is 10.5 Å². The van der Waals surface area contributed by atoms with Crippen LogP contribution < -0.4 is 10.4 Å². The van der Waals surface area contributed by atoms with Crippen LogP contribution in [0.25, 0.3) is 0 Å². The Hall–Kier alpha value is -4.28. The van der Waals surface area contributed by atoms with Gasteiger partial charge in [0.2, 0.25) is 0 Å². The Kier molecular flexibility index (Phi) is 6.49. The van der Waals surface area contributed by atoms with Crippen molar-refractivity contribution in [2.75, 3.05) is 0 Å². The SMILES string of the molecule is N#Cc1ccc(Oc2ccc(C(F)(F)C(O)(Cn3[nH]c(=S)[nH]c3=O)c3ccc(F)cc3F)nc2)cc1. The summed E-state index contributed by atoms with van der Waals surface area (Å²) in [4.78, 5) is 17.9. The van der Waals surface area contributed by atoms with Gasteiger partial charge in [-0.15, -0.1) is 0 Å². The van der Waals surface area contributed by atoms with Gasteiger partial charge >= 0.3 is 11.6 Å². The lowest BCUT2D eigenvalue weighted by Gasteiger charge is -2.36. The van der Waals surface area contributed by atoms with Gasteiger partial charge in [-0.25, -0.2) is 18.3 Å². The summed E-state index contributed by atoms with van der Waals surface area (Å²) in [5.74, 6) is -6.45. The van der Waals surface area contributed by atoms with Crippen LogP contribution in [0.3, 0.4) is 0 Å². The Morgan fingerprint density at radius 3 is 2.36 bits per heavy atom. The first-order valence-corrected chi connectivity index (χ1v) is 10.5. The molecule has 4 aromatic rings. The number of pyridine rings is 1. The largest absolute Gasteiger partial charge is 0.456 e. The maximum Gasteiger partial charge on any atom is 0.342 e. The van der Waals surface area contributed by atoms with Crippen LogP contribution in [0.15, 0.2) is 65.6 Å². The highest BCUT2D eigenvalue weighted by molar-refractivity contribution is 7.71. The minimum Gasteiger partial charge on any atom is -0.456 e. The van der Waals surface area contributed by atoms with E-state index in [1.54, 1.807) is 0 Å². The quantitative estimate of drug-likeness (QED) is 0.249. The number of nitrogens with zero attached hydrogens (tertiary/aromatic N) is 3. The first-order chi connectivity index (χ1) is 17.0. The summed E-state index contributed by atoms with van der Waals surface area (Å²) in [5.41, 5.74) is -5.93. The minimum atomic E-state index is -4.30. The average Bonchev–Trinajstić information content (AvgIpc) is 3.15. The molecule has 36 heavy (non-hydrogen) atoms. The topological polar surface area (TPSA) is 120 Å². The highest BCUT2D eigenvalue weighted by atomic mass is 32.1. The molecule has 0 fully saturated rings. The number of rotatable bonds is 7. The predicted octanol–water partition coefficient (Wildman–Crippen LogP) is 4.25. The van der Waals surface area contributed by atoms with E-state index in [1.165, 1.54) is 24.3 Å². The molecule has 2 aromatic carbocycles. The highest BCUT2D eigenvalue weighted by Gasteiger charge is 2.58. The van der Waals surface area contributed by atoms with E-state index in [9.17, 15) is 18.7 Å².